The van der Waals surface area contributed by atoms with Crippen LogP contribution < -0.4 is 11.1 Å². The van der Waals surface area contributed by atoms with Crippen molar-refractivity contribution >= 4 is 17.6 Å². The number of nitrogens with one attached hydrogen (secondary N) is 2. The predicted octanol–water partition coefficient (Wildman–Crippen LogP) is -0.410. The number of rotatable bonds is 5. The van der Waals surface area contributed by atoms with E-state index in [1.54, 1.807) is 0 Å². The minimum atomic E-state index is -0.278. The van der Waals surface area contributed by atoms with E-state index in [0.717, 1.165) is 6.42 Å². The van der Waals surface area contributed by atoms with E-state index in [2.05, 4.69) is 15.5 Å². The smallest absolute Gasteiger partial charge is 0.272 e. The molecule has 0 unspecified atom stereocenters. The Bertz CT molecular complexity index is 401. The topological polar surface area (TPSA) is 104 Å². The van der Waals surface area contributed by atoms with E-state index in [9.17, 15) is 9.59 Å². The maximum Gasteiger partial charge on any atom is 0.272 e. The second-order valence-corrected chi connectivity index (χ2v) is 3.61. The van der Waals surface area contributed by atoms with E-state index in [0.29, 0.717) is 12.2 Å². The maximum absolute atomic E-state index is 12.0. The standard InChI is InChI=1S/C10H17N5O2/c1-3-4-15(6-9(16)12-2)10(17)7-5-8(11)14-13-7/h5H,3-4,6H2,1-2H3,(H,12,16)(H3,11,13,14). The summed E-state index contributed by atoms with van der Waals surface area (Å²) < 4.78 is 0. The highest BCUT2D eigenvalue weighted by Gasteiger charge is 2.19. The van der Waals surface area contributed by atoms with Gasteiger partial charge in [0.1, 0.15) is 11.5 Å². The van der Waals surface area contributed by atoms with Crippen molar-refractivity contribution in [3.63, 3.8) is 0 Å². The van der Waals surface area contributed by atoms with Gasteiger partial charge >= 0.3 is 0 Å². The van der Waals surface area contributed by atoms with E-state index in [-0.39, 0.29) is 24.2 Å². The number of anilines is 1. The number of carbonyl (C=O) groups is 2. The summed E-state index contributed by atoms with van der Waals surface area (Å²) in [6.07, 6.45) is 0.770. The molecule has 0 saturated carbocycles. The largest absolute Gasteiger partial charge is 0.382 e. The number of nitrogen functional groups attached to an aromatic ring is 1. The summed E-state index contributed by atoms with van der Waals surface area (Å²) in [7, 11) is 1.53. The Morgan fingerprint density at radius 3 is 2.76 bits per heavy atom. The molecule has 0 bridgehead atoms. The first-order chi connectivity index (χ1) is 8.08. The number of nitrogens with zero attached hydrogens (tertiary/aromatic N) is 2. The number of nitrogens with two attached hydrogens (primary N) is 1. The summed E-state index contributed by atoms with van der Waals surface area (Å²) in [5, 5.41) is 8.70. The molecule has 0 aliphatic heterocycles. The fraction of sp³-hybridized carbons (Fsp3) is 0.500. The Hall–Kier alpha value is -2.05. The van der Waals surface area contributed by atoms with Crippen LogP contribution in [-0.2, 0) is 4.79 Å². The van der Waals surface area contributed by atoms with E-state index < -0.39 is 0 Å². The van der Waals surface area contributed by atoms with Gasteiger partial charge in [-0.1, -0.05) is 6.92 Å². The number of H-pyrrole nitrogens is 1. The zero-order valence-corrected chi connectivity index (χ0v) is 9.99. The quantitative estimate of drug-likeness (QED) is 0.649. The highest BCUT2D eigenvalue weighted by molar-refractivity contribution is 5.95. The van der Waals surface area contributed by atoms with Crippen molar-refractivity contribution in [2.45, 2.75) is 13.3 Å². The Morgan fingerprint density at radius 1 is 1.59 bits per heavy atom. The first-order valence-corrected chi connectivity index (χ1v) is 5.39. The summed E-state index contributed by atoms with van der Waals surface area (Å²) in [4.78, 5) is 24.8. The first-order valence-electron chi connectivity index (χ1n) is 5.39. The molecule has 0 aromatic carbocycles. The molecule has 0 saturated heterocycles. The van der Waals surface area contributed by atoms with Crippen LogP contribution in [0.4, 0.5) is 5.82 Å². The van der Waals surface area contributed by atoms with Gasteiger partial charge in [-0.2, -0.15) is 5.10 Å². The van der Waals surface area contributed by atoms with Crippen LogP contribution in [0, 0.1) is 0 Å². The van der Waals surface area contributed by atoms with Crippen LogP contribution in [0.15, 0.2) is 6.07 Å². The molecule has 94 valence electrons. The molecule has 1 aromatic heterocycles. The van der Waals surface area contributed by atoms with Crippen LogP contribution in [-0.4, -0.2) is 47.0 Å². The van der Waals surface area contributed by atoms with E-state index in [1.165, 1.54) is 18.0 Å². The zero-order valence-electron chi connectivity index (χ0n) is 9.99. The van der Waals surface area contributed by atoms with Gasteiger partial charge in [0.25, 0.3) is 5.91 Å². The fourth-order valence-corrected chi connectivity index (χ4v) is 1.39. The van der Waals surface area contributed by atoms with Gasteiger partial charge in [0, 0.05) is 19.7 Å². The molecular formula is C10H17N5O2. The molecule has 0 aliphatic carbocycles. The Labute approximate surface area is 99.4 Å². The normalized spacial score (nSPS) is 10.0. The number of likely N-dealkylation sites (N-methyl/N-ethyl adjacent to an activating group) is 1. The second-order valence-electron chi connectivity index (χ2n) is 3.61. The van der Waals surface area contributed by atoms with Gasteiger partial charge in [0.15, 0.2) is 0 Å². The lowest BCUT2D eigenvalue weighted by Crippen LogP contribution is -2.40. The summed E-state index contributed by atoms with van der Waals surface area (Å²) in [6.45, 7) is 2.47. The van der Waals surface area contributed by atoms with E-state index in [4.69, 9.17) is 5.73 Å². The molecule has 4 N–H and O–H groups in total. The Balaban J connectivity index is 2.76. The van der Waals surface area contributed by atoms with Crippen molar-refractivity contribution in [2.24, 2.45) is 0 Å². The highest BCUT2D eigenvalue weighted by atomic mass is 16.2. The van der Waals surface area contributed by atoms with Crippen molar-refractivity contribution in [2.75, 3.05) is 25.9 Å². The lowest BCUT2D eigenvalue weighted by Gasteiger charge is -2.20. The monoisotopic (exact) mass is 239 g/mol. The van der Waals surface area contributed by atoms with Crippen LogP contribution >= 0.6 is 0 Å². The van der Waals surface area contributed by atoms with Gasteiger partial charge in [0.05, 0.1) is 6.54 Å². The zero-order chi connectivity index (χ0) is 12.8. The molecule has 2 amide bonds. The highest BCUT2D eigenvalue weighted by Crippen LogP contribution is 2.05. The summed E-state index contributed by atoms with van der Waals surface area (Å²) in [6, 6.07) is 1.45. The van der Waals surface area contributed by atoms with Crippen LogP contribution in [0.1, 0.15) is 23.8 Å². The Morgan fingerprint density at radius 2 is 2.29 bits per heavy atom. The molecule has 7 heteroatoms. The third-order valence-corrected chi connectivity index (χ3v) is 2.22. The van der Waals surface area contributed by atoms with Crippen molar-refractivity contribution in [1.82, 2.24) is 20.4 Å². The third kappa shape index (κ3) is 3.47. The summed E-state index contributed by atoms with van der Waals surface area (Å²) in [5.41, 5.74) is 5.72. The van der Waals surface area contributed by atoms with E-state index >= 15 is 0 Å². The maximum atomic E-state index is 12.0. The number of amides is 2. The predicted molar refractivity (Wildman–Crippen MR) is 63.3 cm³/mol. The average Bonchev–Trinajstić information content (AvgIpc) is 2.74. The lowest BCUT2D eigenvalue weighted by molar-refractivity contribution is -0.121. The average molecular weight is 239 g/mol. The van der Waals surface area contributed by atoms with Crippen LogP contribution in [0.5, 0.6) is 0 Å². The minimum Gasteiger partial charge on any atom is -0.382 e. The summed E-state index contributed by atoms with van der Waals surface area (Å²) >= 11 is 0. The van der Waals surface area contributed by atoms with Crippen molar-refractivity contribution in [3.8, 4) is 0 Å². The fourth-order valence-electron chi connectivity index (χ4n) is 1.39. The van der Waals surface area contributed by atoms with Crippen molar-refractivity contribution in [1.29, 1.82) is 0 Å². The second kappa shape index (κ2) is 5.88. The Kier molecular flexibility index (Phi) is 4.50. The molecule has 0 fully saturated rings. The SMILES string of the molecule is CCCN(CC(=O)NC)C(=O)c1cc(N)n[nH]1. The van der Waals surface area contributed by atoms with Crippen molar-refractivity contribution in [3.05, 3.63) is 11.8 Å². The molecule has 0 aliphatic rings. The van der Waals surface area contributed by atoms with Gasteiger partial charge in [-0.3, -0.25) is 14.7 Å². The van der Waals surface area contributed by atoms with Gasteiger partial charge in [-0.25, -0.2) is 0 Å². The number of hydrogen-bond donors (Lipinski definition) is 3. The van der Waals surface area contributed by atoms with Gasteiger partial charge in [-0.05, 0) is 6.42 Å². The van der Waals surface area contributed by atoms with Crippen LogP contribution in [0.25, 0.3) is 0 Å². The lowest BCUT2D eigenvalue weighted by atomic mass is 10.3. The van der Waals surface area contributed by atoms with Crippen LogP contribution in [0.2, 0.25) is 0 Å². The van der Waals surface area contributed by atoms with Gasteiger partial charge in [-0.15, -0.1) is 0 Å². The minimum absolute atomic E-state index is 0.0299. The van der Waals surface area contributed by atoms with Crippen LogP contribution in [0.3, 0.4) is 0 Å². The number of carbonyl (C=O) groups excluding carboxylic acids is 2. The molecule has 1 aromatic rings. The molecular weight excluding hydrogens is 222 g/mol. The molecule has 1 rings (SSSR count). The summed E-state index contributed by atoms with van der Waals surface area (Å²) in [5.74, 6) is -0.233. The number of aromatic nitrogens is 2. The molecule has 7 nitrogen and oxygen atoms in total. The number of hydrogen-bond acceptors (Lipinski definition) is 4. The molecule has 0 radical (unpaired) electrons. The van der Waals surface area contributed by atoms with Gasteiger partial charge < -0.3 is 16.0 Å². The van der Waals surface area contributed by atoms with Gasteiger partial charge in [0.2, 0.25) is 5.91 Å². The first kappa shape index (κ1) is 13.0. The molecule has 0 atom stereocenters. The molecule has 17 heavy (non-hydrogen) atoms. The number of aromatic amines is 1. The molecule has 0 spiro atoms. The van der Waals surface area contributed by atoms with E-state index in [1.807, 2.05) is 6.92 Å². The van der Waals surface area contributed by atoms with Crippen molar-refractivity contribution < 1.29 is 9.59 Å². The molecule has 1 heterocycles. The third-order valence-electron chi connectivity index (χ3n) is 2.22.